The van der Waals surface area contributed by atoms with Crippen molar-refractivity contribution < 1.29 is 25.0 Å². The van der Waals surface area contributed by atoms with Gasteiger partial charge >= 0.3 is 10.6 Å². The zero-order valence-corrected chi connectivity index (χ0v) is 6.05. The van der Waals surface area contributed by atoms with Gasteiger partial charge in [0.15, 0.2) is 0 Å². The summed E-state index contributed by atoms with van der Waals surface area (Å²) in [5, 5.41) is 0. The summed E-state index contributed by atoms with van der Waals surface area (Å²) in [7, 11) is -5.67. The Morgan fingerprint density at radius 3 is 1.10 bits per heavy atom. The maximum atomic E-state index is 11.0. The molecule has 2 nitrogen and oxygen atoms in total. The Morgan fingerprint density at radius 1 is 1.10 bits per heavy atom. The Kier molecular flexibility index (Phi) is 4.63. The van der Waals surface area contributed by atoms with Crippen molar-refractivity contribution in [2.45, 2.75) is 19.8 Å². The van der Waals surface area contributed by atoms with Crippen LogP contribution < -0.4 is 0 Å². The van der Waals surface area contributed by atoms with E-state index in [-0.39, 0.29) is 0 Å². The third-order valence-electron chi connectivity index (χ3n) is 0. The summed E-state index contributed by atoms with van der Waals surface area (Å²) in [5.41, 5.74) is 0. The molecule has 0 unspecified atom stereocenters. The highest BCUT2D eigenvalue weighted by Crippen LogP contribution is 2.06. The third-order valence-corrected chi connectivity index (χ3v) is 0. The number of rotatable bonds is 0. The van der Waals surface area contributed by atoms with Gasteiger partial charge in [-0.2, -0.15) is 8.42 Å². The predicted molar refractivity (Wildman–Crippen MR) is 27.4 cm³/mol. The van der Waals surface area contributed by atoms with Gasteiger partial charge in [0.25, 0.3) is 0 Å². The first kappa shape index (κ1) is 12.4. The first-order valence-corrected chi connectivity index (χ1v) is 3.30. The Morgan fingerprint density at radius 2 is 1.10 bits per heavy atom. The minimum Gasteiger partial charge on any atom is -0.208 e. The molecule has 0 saturated carbocycles. The van der Waals surface area contributed by atoms with Crippen LogP contribution in [-0.4, -0.2) is 14.3 Å². The molecule has 7 heteroatoms. The highest BCUT2D eigenvalue weighted by molar-refractivity contribution is 7.81. The molecule has 0 bridgehead atoms. The van der Waals surface area contributed by atoms with Crippen LogP contribution in [0, 0.1) is 0 Å². The molecule has 10 heavy (non-hydrogen) atoms. The Labute approximate surface area is 56.4 Å². The van der Waals surface area contributed by atoms with Crippen LogP contribution in [0.25, 0.3) is 0 Å². The molecule has 64 valence electrons. The normalized spacial score (nSPS) is 11.8. The lowest BCUT2D eigenvalue weighted by atomic mass is 10.5. The molecule has 0 saturated heterocycles. The van der Waals surface area contributed by atoms with E-state index in [4.69, 9.17) is 8.42 Å². The lowest BCUT2D eigenvalue weighted by Gasteiger charge is -1.94. The minimum atomic E-state index is -5.67. The molecule has 0 amide bonds. The van der Waals surface area contributed by atoms with Crippen molar-refractivity contribution in [3.05, 3.63) is 0 Å². The van der Waals surface area contributed by atoms with Gasteiger partial charge in [0.1, 0.15) is 0 Å². The fraction of sp³-hybridized carbons (Fsp3) is 1.00. The van der Waals surface area contributed by atoms with E-state index in [9.17, 15) is 16.6 Å². The van der Waals surface area contributed by atoms with E-state index in [1.807, 2.05) is 0 Å². The van der Waals surface area contributed by atoms with Crippen molar-refractivity contribution in [1.29, 1.82) is 0 Å². The smallest absolute Gasteiger partial charge is 0.208 e. The van der Waals surface area contributed by atoms with Crippen molar-refractivity contribution in [2.24, 2.45) is 0 Å². The van der Waals surface area contributed by atoms with Gasteiger partial charge in [0.05, 0.1) is 0 Å². The molecule has 0 aromatic rings. The molecule has 0 heterocycles. The van der Waals surface area contributed by atoms with Gasteiger partial charge in [-0.25, -0.2) is 8.78 Å². The van der Waals surface area contributed by atoms with Gasteiger partial charge in [-0.05, 0) is 13.8 Å². The second kappa shape index (κ2) is 3.75. The molecule has 0 N–H and O–H groups in total. The molecule has 0 aliphatic carbocycles. The van der Waals surface area contributed by atoms with Gasteiger partial charge in [0, 0.05) is 0 Å². The minimum absolute atomic E-state index is 0.854. The first-order valence-electron chi connectivity index (χ1n) is 2.02. The fourth-order valence-electron chi connectivity index (χ4n) is 0. The van der Waals surface area contributed by atoms with Gasteiger partial charge in [-0.1, -0.05) is 7.77 Å². The lowest BCUT2D eigenvalue weighted by Crippen LogP contribution is -1.98. The molecule has 0 rings (SSSR count). The van der Waals surface area contributed by atoms with Crippen molar-refractivity contribution in [1.82, 2.24) is 0 Å². The van der Waals surface area contributed by atoms with E-state index >= 15 is 0 Å². The molecule has 0 spiro atoms. The highest BCUT2D eigenvalue weighted by Gasteiger charge is 2.08. The van der Waals surface area contributed by atoms with Gasteiger partial charge < -0.3 is 0 Å². The Hall–Kier alpha value is -0.330. The van der Waals surface area contributed by atoms with Crippen molar-refractivity contribution >= 4 is 10.6 Å². The van der Waals surface area contributed by atoms with Gasteiger partial charge in [-0.15, -0.1) is 0 Å². The molecule has 0 aromatic carbocycles. The van der Waals surface area contributed by atoms with Crippen LogP contribution in [0.3, 0.4) is 0 Å². The Balaban J connectivity index is 0. The average molecular weight is 182 g/mol. The fourth-order valence-corrected chi connectivity index (χ4v) is 0. The Bertz CT molecular complexity index is 153. The summed E-state index contributed by atoms with van der Waals surface area (Å²) in [6.45, 7) is 1.71. The topological polar surface area (TPSA) is 34.1 Å². The SMILES string of the molecule is CC(C)(F)F.O=S(=O)(F)F. The second-order valence-electron chi connectivity index (χ2n) is 1.71. The van der Waals surface area contributed by atoms with Crippen LogP contribution in [0.4, 0.5) is 16.6 Å². The predicted octanol–water partition coefficient (Wildman–Crippen LogP) is 1.83. The van der Waals surface area contributed by atoms with Crippen LogP contribution in [0.1, 0.15) is 13.8 Å². The molecular weight excluding hydrogens is 176 g/mol. The van der Waals surface area contributed by atoms with Crippen LogP contribution in [0.15, 0.2) is 0 Å². The van der Waals surface area contributed by atoms with Gasteiger partial charge in [0.2, 0.25) is 5.92 Å². The monoisotopic (exact) mass is 182 g/mol. The number of alkyl halides is 2. The molecule has 0 atom stereocenters. The van der Waals surface area contributed by atoms with Gasteiger partial charge in [-0.3, -0.25) is 0 Å². The molecule has 0 radical (unpaired) electrons. The average Bonchev–Trinajstić information content (AvgIpc) is 1.12. The summed E-state index contributed by atoms with van der Waals surface area (Å²) in [5.74, 6) is -2.50. The standard InChI is InChI=1S/C3H6F2.F2O2S/c1-3(2,4)5;1-5(2,3)4/h1-2H3;. The molecular formula is C3H6F4O2S. The first-order chi connectivity index (χ1) is 4.00. The quantitative estimate of drug-likeness (QED) is 0.423. The maximum absolute atomic E-state index is 11.0. The molecule has 0 aromatic heterocycles. The van der Waals surface area contributed by atoms with Crippen LogP contribution in [-0.2, 0) is 10.6 Å². The molecule has 0 aliphatic heterocycles. The van der Waals surface area contributed by atoms with Crippen LogP contribution >= 0.6 is 0 Å². The maximum Gasteiger partial charge on any atom is 0.476 e. The van der Waals surface area contributed by atoms with E-state index in [1.54, 1.807) is 0 Å². The van der Waals surface area contributed by atoms with Crippen molar-refractivity contribution in [3.8, 4) is 0 Å². The van der Waals surface area contributed by atoms with E-state index in [2.05, 4.69) is 0 Å². The zero-order chi connectivity index (χ0) is 9.00. The van der Waals surface area contributed by atoms with Crippen LogP contribution in [0.2, 0.25) is 0 Å². The second-order valence-corrected chi connectivity index (χ2v) is 2.46. The van der Waals surface area contributed by atoms with E-state index in [0.29, 0.717) is 0 Å². The zero-order valence-electron chi connectivity index (χ0n) is 5.24. The van der Waals surface area contributed by atoms with E-state index < -0.39 is 16.5 Å². The van der Waals surface area contributed by atoms with Crippen LogP contribution in [0.5, 0.6) is 0 Å². The number of hydrogen-bond acceptors (Lipinski definition) is 2. The summed E-state index contributed by atoms with van der Waals surface area (Å²) in [4.78, 5) is 0. The number of halogens is 4. The summed E-state index contributed by atoms with van der Waals surface area (Å²) >= 11 is 0. The number of hydrogen-bond donors (Lipinski definition) is 0. The molecule has 0 fully saturated rings. The molecule has 0 aliphatic rings. The van der Waals surface area contributed by atoms with Crippen molar-refractivity contribution in [2.75, 3.05) is 0 Å². The lowest BCUT2D eigenvalue weighted by molar-refractivity contribution is 0.0437. The van der Waals surface area contributed by atoms with E-state index in [1.165, 1.54) is 0 Å². The third kappa shape index (κ3) is 3130. The largest absolute Gasteiger partial charge is 0.476 e. The summed E-state index contributed by atoms with van der Waals surface area (Å²) in [6.07, 6.45) is 0. The summed E-state index contributed by atoms with van der Waals surface area (Å²) < 4.78 is 58.6. The summed E-state index contributed by atoms with van der Waals surface area (Å²) in [6, 6.07) is 0. The van der Waals surface area contributed by atoms with Crippen molar-refractivity contribution in [3.63, 3.8) is 0 Å². The highest BCUT2D eigenvalue weighted by atomic mass is 32.3. The van der Waals surface area contributed by atoms with E-state index in [0.717, 1.165) is 13.8 Å².